The second kappa shape index (κ2) is 10.3. The van der Waals surface area contributed by atoms with Crippen molar-refractivity contribution < 1.29 is 32.6 Å². The van der Waals surface area contributed by atoms with E-state index in [0.717, 1.165) is 30.3 Å². The maximum atomic E-state index is 12.2. The zero-order valence-corrected chi connectivity index (χ0v) is 18.8. The lowest BCUT2D eigenvalue weighted by Gasteiger charge is -2.22. The van der Waals surface area contributed by atoms with Crippen LogP contribution in [0.1, 0.15) is 10.4 Å². The van der Waals surface area contributed by atoms with Gasteiger partial charge in [-0.15, -0.1) is 0 Å². The number of amides is 1. The first-order valence-corrected chi connectivity index (χ1v) is 11.0. The summed E-state index contributed by atoms with van der Waals surface area (Å²) in [5.74, 6) is -0.183. The number of ether oxygens (including phenoxy) is 1. The van der Waals surface area contributed by atoms with Crippen LogP contribution in [-0.4, -0.2) is 79.6 Å². The molecule has 0 bridgehead atoms. The van der Waals surface area contributed by atoms with E-state index in [0.29, 0.717) is 25.0 Å². The first kappa shape index (κ1) is 24.7. The minimum atomic E-state index is -5.08. The lowest BCUT2D eigenvalue weighted by Crippen LogP contribution is -2.34. The Balaban J connectivity index is 0.000000383. The summed E-state index contributed by atoms with van der Waals surface area (Å²) < 4.78 is 37.7. The van der Waals surface area contributed by atoms with E-state index < -0.39 is 12.1 Å². The van der Waals surface area contributed by atoms with Crippen LogP contribution in [0.4, 0.5) is 24.8 Å². The first-order chi connectivity index (χ1) is 15.6. The number of fused-ring (bicyclic) bond motifs is 1. The standard InChI is InChI=1S/C18H23N5O2S.C2HF3O2/c1-22(2)16-5-17(21-11-20-16)23-7-14-13(9-25-15(14)8-23)6-19-18(24)12-3-4-26-10-12;3-2(4,5)1(6)7/h3-5,10-11,13-15H,6-9H2,1-2H3,(H,19,24);(H,6,7)/t13-,14-,15-;/m1./s1. The number of aromatic nitrogens is 2. The van der Waals surface area contributed by atoms with Gasteiger partial charge in [-0.05, 0) is 11.4 Å². The third-order valence-corrected chi connectivity index (χ3v) is 6.09. The number of carbonyl (C=O) groups excluding carboxylic acids is 1. The topological polar surface area (TPSA) is 108 Å². The van der Waals surface area contributed by atoms with Gasteiger partial charge in [0.05, 0.1) is 12.7 Å². The molecule has 3 atom stereocenters. The van der Waals surface area contributed by atoms with Crippen LogP contribution in [0.2, 0.25) is 0 Å². The Labute approximate surface area is 192 Å². The van der Waals surface area contributed by atoms with Crippen LogP contribution in [0.5, 0.6) is 0 Å². The number of carboxylic acids is 1. The van der Waals surface area contributed by atoms with E-state index in [4.69, 9.17) is 14.6 Å². The van der Waals surface area contributed by atoms with Gasteiger partial charge in [0, 0.05) is 62.6 Å². The normalized spacial score (nSPS) is 21.7. The van der Waals surface area contributed by atoms with Crippen LogP contribution in [-0.2, 0) is 9.53 Å². The van der Waals surface area contributed by atoms with E-state index in [1.807, 2.05) is 41.9 Å². The van der Waals surface area contributed by atoms with Crippen molar-refractivity contribution in [2.75, 3.05) is 50.1 Å². The highest BCUT2D eigenvalue weighted by Crippen LogP contribution is 2.35. The molecule has 2 N–H and O–H groups in total. The van der Waals surface area contributed by atoms with Crippen molar-refractivity contribution in [3.05, 3.63) is 34.8 Å². The van der Waals surface area contributed by atoms with Gasteiger partial charge < -0.3 is 25.0 Å². The van der Waals surface area contributed by atoms with Crippen molar-refractivity contribution in [1.29, 1.82) is 0 Å². The average molecular weight is 488 g/mol. The SMILES string of the molecule is CN(C)c1cc(N2C[C@@H]3[C@H](CNC(=O)c4ccsc4)CO[C@@H]3C2)ncn1.O=C(O)C(F)(F)F. The Hall–Kier alpha value is -2.93. The molecule has 0 radical (unpaired) electrons. The molecular formula is C20H24F3N5O4S. The number of halogens is 3. The van der Waals surface area contributed by atoms with Gasteiger partial charge in [0.25, 0.3) is 5.91 Å². The molecule has 0 spiro atoms. The van der Waals surface area contributed by atoms with Crippen LogP contribution < -0.4 is 15.1 Å². The minimum Gasteiger partial charge on any atom is -0.475 e. The largest absolute Gasteiger partial charge is 0.490 e. The fourth-order valence-electron chi connectivity index (χ4n) is 3.67. The number of hydrogen-bond acceptors (Lipinski definition) is 8. The van der Waals surface area contributed by atoms with Crippen LogP contribution >= 0.6 is 11.3 Å². The molecule has 0 aliphatic carbocycles. The van der Waals surface area contributed by atoms with Crippen molar-refractivity contribution >= 4 is 34.8 Å². The van der Waals surface area contributed by atoms with Gasteiger partial charge in [0.1, 0.15) is 18.0 Å². The Morgan fingerprint density at radius 2 is 2.06 bits per heavy atom. The molecule has 0 saturated carbocycles. The van der Waals surface area contributed by atoms with Crippen molar-refractivity contribution in [3.8, 4) is 0 Å². The lowest BCUT2D eigenvalue weighted by atomic mass is 9.93. The van der Waals surface area contributed by atoms with E-state index in [9.17, 15) is 18.0 Å². The van der Waals surface area contributed by atoms with Gasteiger partial charge in [-0.3, -0.25) is 4.79 Å². The number of carboxylic acid groups (broad SMARTS) is 1. The number of anilines is 2. The summed E-state index contributed by atoms with van der Waals surface area (Å²) in [6.45, 7) is 3.09. The molecule has 33 heavy (non-hydrogen) atoms. The summed E-state index contributed by atoms with van der Waals surface area (Å²) in [7, 11) is 3.94. The molecule has 2 aliphatic heterocycles. The van der Waals surface area contributed by atoms with Gasteiger partial charge in [0.2, 0.25) is 0 Å². The van der Waals surface area contributed by atoms with Crippen molar-refractivity contribution in [3.63, 3.8) is 0 Å². The maximum absolute atomic E-state index is 12.2. The van der Waals surface area contributed by atoms with Crippen LogP contribution in [0.15, 0.2) is 29.2 Å². The second-order valence-electron chi connectivity index (χ2n) is 7.85. The van der Waals surface area contributed by atoms with Crippen molar-refractivity contribution in [1.82, 2.24) is 15.3 Å². The number of carbonyl (C=O) groups is 2. The highest BCUT2D eigenvalue weighted by atomic mass is 32.1. The third kappa shape index (κ3) is 6.32. The number of hydrogen-bond donors (Lipinski definition) is 2. The molecule has 180 valence electrons. The summed E-state index contributed by atoms with van der Waals surface area (Å²) in [5.41, 5.74) is 0.732. The Kier molecular flexibility index (Phi) is 7.74. The number of aliphatic carboxylic acids is 1. The number of alkyl halides is 3. The summed E-state index contributed by atoms with van der Waals surface area (Å²) in [6.07, 6.45) is -3.27. The summed E-state index contributed by atoms with van der Waals surface area (Å²) in [4.78, 5) is 34.0. The molecule has 2 aliphatic rings. The smallest absolute Gasteiger partial charge is 0.475 e. The molecule has 2 saturated heterocycles. The van der Waals surface area contributed by atoms with Gasteiger partial charge >= 0.3 is 12.1 Å². The molecule has 2 aromatic rings. The number of thiophene rings is 1. The predicted octanol–water partition coefficient (Wildman–Crippen LogP) is 2.12. The molecule has 13 heteroatoms. The fraction of sp³-hybridized carbons (Fsp3) is 0.500. The monoisotopic (exact) mass is 487 g/mol. The molecule has 2 fully saturated rings. The molecule has 2 aromatic heterocycles. The molecule has 4 heterocycles. The van der Waals surface area contributed by atoms with Crippen LogP contribution in [0.25, 0.3) is 0 Å². The molecule has 1 amide bonds. The molecular weight excluding hydrogens is 463 g/mol. The Morgan fingerprint density at radius 3 is 2.67 bits per heavy atom. The quantitative estimate of drug-likeness (QED) is 0.661. The van der Waals surface area contributed by atoms with Crippen LogP contribution in [0, 0.1) is 11.8 Å². The molecule has 0 unspecified atom stereocenters. The Morgan fingerprint density at radius 1 is 1.33 bits per heavy atom. The van der Waals surface area contributed by atoms with E-state index in [1.54, 1.807) is 6.33 Å². The third-order valence-electron chi connectivity index (χ3n) is 5.41. The van der Waals surface area contributed by atoms with Crippen LogP contribution in [0.3, 0.4) is 0 Å². The molecule has 9 nitrogen and oxygen atoms in total. The zero-order chi connectivity index (χ0) is 24.2. The predicted molar refractivity (Wildman–Crippen MR) is 116 cm³/mol. The van der Waals surface area contributed by atoms with E-state index >= 15 is 0 Å². The summed E-state index contributed by atoms with van der Waals surface area (Å²) >= 11 is 1.53. The van der Waals surface area contributed by atoms with Gasteiger partial charge in [-0.25, -0.2) is 14.8 Å². The van der Waals surface area contributed by atoms with Gasteiger partial charge in [-0.1, -0.05) is 0 Å². The maximum Gasteiger partial charge on any atom is 0.490 e. The van der Waals surface area contributed by atoms with E-state index in [-0.39, 0.29) is 12.0 Å². The van der Waals surface area contributed by atoms with Gasteiger partial charge in [0.15, 0.2) is 0 Å². The highest BCUT2D eigenvalue weighted by Gasteiger charge is 2.44. The summed E-state index contributed by atoms with van der Waals surface area (Å²) in [5, 5.41) is 14.0. The van der Waals surface area contributed by atoms with E-state index in [1.165, 1.54) is 11.3 Å². The highest BCUT2D eigenvalue weighted by molar-refractivity contribution is 7.08. The van der Waals surface area contributed by atoms with Crippen molar-refractivity contribution in [2.24, 2.45) is 11.8 Å². The molecule has 0 aromatic carbocycles. The average Bonchev–Trinajstić information content (AvgIpc) is 3.49. The first-order valence-electron chi connectivity index (χ1n) is 10.0. The Bertz CT molecular complexity index is 957. The van der Waals surface area contributed by atoms with E-state index in [2.05, 4.69) is 20.2 Å². The number of nitrogens with one attached hydrogen (secondary N) is 1. The lowest BCUT2D eigenvalue weighted by molar-refractivity contribution is -0.192. The fourth-order valence-corrected chi connectivity index (χ4v) is 4.31. The molecule has 4 rings (SSSR count). The van der Waals surface area contributed by atoms with Gasteiger partial charge in [-0.2, -0.15) is 24.5 Å². The van der Waals surface area contributed by atoms with Crippen molar-refractivity contribution in [2.45, 2.75) is 12.3 Å². The second-order valence-corrected chi connectivity index (χ2v) is 8.63. The zero-order valence-electron chi connectivity index (χ0n) is 18.0. The summed E-state index contributed by atoms with van der Waals surface area (Å²) in [6, 6.07) is 3.86. The minimum absolute atomic E-state index is 0.00372. The number of nitrogens with zero attached hydrogens (tertiary/aromatic N) is 4. The number of rotatable bonds is 5.